The molecule has 2 aromatic rings. The Kier molecular flexibility index (Phi) is 11.5. The van der Waals surface area contributed by atoms with E-state index in [-0.39, 0.29) is 17.1 Å². The van der Waals surface area contributed by atoms with Gasteiger partial charge in [-0.3, -0.25) is 9.59 Å². The number of hydrogen-bond acceptors (Lipinski definition) is 8. The van der Waals surface area contributed by atoms with E-state index in [1.807, 2.05) is 12.1 Å². The standard InChI is InChI=1S/C30H39NO8/c1-35-23-15-13-21(14-16-23)11-7-5-6-10-18-39-30(34)24-12-8-9-17-31(24)29(33)27(32)22-19-25(36-2)28(38-4)26(20-22)37-3/h13-16,19-20,24H,5-12,17-18H2,1-4H3/t24-/m0/s1. The molecule has 0 N–H and O–H groups in total. The van der Waals surface area contributed by atoms with Gasteiger partial charge in [0.2, 0.25) is 5.75 Å². The first-order valence-corrected chi connectivity index (χ1v) is 13.4. The number of carbonyl (C=O) groups excluding carboxylic acids is 3. The van der Waals surface area contributed by atoms with Crippen LogP contribution in [0, 0.1) is 0 Å². The Morgan fingerprint density at radius 1 is 0.821 bits per heavy atom. The number of Topliss-reactive ketones (excluding diaryl/α,β-unsaturated/α-hetero) is 1. The van der Waals surface area contributed by atoms with E-state index in [9.17, 15) is 14.4 Å². The molecule has 0 radical (unpaired) electrons. The maximum absolute atomic E-state index is 13.2. The summed E-state index contributed by atoms with van der Waals surface area (Å²) in [6.45, 7) is 0.612. The highest BCUT2D eigenvalue weighted by atomic mass is 16.5. The number of rotatable bonds is 14. The number of ketones is 1. The number of esters is 1. The molecular weight excluding hydrogens is 502 g/mol. The zero-order chi connectivity index (χ0) is 28.2. The van der Waals surface area contributed by atoms with Gasteiger partial charge in [-0.1, -0.05) is 25.0 Å². The number of hydrogen-bond donors (Lipinski definition) is 0. The number of nitrogens with zero attached hydrogens (tertiary/aromatic N) is 1. The lowest BCUT2D eigenvalue weighted by Gasteiger charge is -2.33. The van der Waals surface area contributed by atoms with Crippen molar-refractivity contribution in [1.29, 1.82) is 0 Å². The minimum Gasteiger partial charge on any atom is -0.497 e. The van der Waals surface area contributed by atoms with Crippen LogP contribution in [0.25, 0.3) is 0 Å². The van der Waals surface area contributed by atoms with Crippen molar-refractivity contribution in [2.45, 2.75) is 57.4 Å². The lowest BCUT2D eigenvalue weighted by molar-refractivity contribution is -0.155. The summed E-state index contributed by atoms with van der Waals surface area (Å²) in [4.78, 5) is 40.6. The third-order valence-corrected chi connectivity index (χ3v) is 6.92. The number of unbranched alkanes of at least 4 members (excludes halogenated alkanes) is 3. The summed E-state index contributed by atoms with van der Waals surface area (Å²) in [5.41, 5.74) is 1.37. The summed E-state index contributed by atoms with van der Waals surface area (Å²) >= 11 is 0. The van der Waals surface area contributed by atoms with Gasteiger partial charge in [-0.25, -0.2) is 4.79 Å². The molecule has 0 bridgehead atoms. The van der Waals surface area contributed by atoms with Crippen molar-refractivity contribution >= 4 is 17.7 Å². The van der Waals surface area contributed by atoms with Crippen molar-refractivity contribution < 1.29 is 38.1 Å². The van der Waals surface area contributed by atoms with E-state index in [4.69, 9.17) is 23.7 Å². The molecular formula is C30H39NO8. The molecule has 3 rings (SSSR count). The largest absolute Gasteiger partial charge is 0.497 e. The van der Waals surface area contributed by atoms with Gasteiger partial charge in [0.05, 0.1) is 35.0 Å². The molecule has 2 aromatic carbocycles. The third kappa shape index (κ3) is 7.88. The molecule has 1 saturated heterocycles. The lowest BCUT2D eigenvalue weighted by Crippen LogP contribution is -2.51. The SMILES string of the molecule is COc1ccc(CCCCCCOC(=O)[C@@H]2CCCCN2C(=O)C(=O)c2cc(OC)c(OC)c(OC)c2)cc1. The van der Waals surface area contributed by atoms with E-state index in [1.54, 1.807) is 7.11 Å². The summed E-state index contributed by atoms with van der Waals surface area (Å²) in [7, 11) is 5.98. The normalized spacial score (nSPS) is 14.9. The molecule has 0 spiro atoms. The zero-order valence-corrected chi connectivity index (χ0v) is 23.3. The van der Waals surface area contributed by atoms with E-state index in [1.165, 1.54) is 43.9 Å². The summed E-state index contributed by atoms with van der Waals surface area (Å²) in [6, 6.07) is 10.2. The Morgan fingerprint density at radius 2 is 1.49 bits per heavy atom. The topological polar surface area (TPSA) is 101 Å². The summed E-state index contributed by atoms with van der Waals surface area (Å²) in [5, 5.41) is 0. The molecule has 0 saturated carbocycles. The Morgan fingerprint density at radius 3 is 2.10 bits per heavy atom. The molecule has 0 aliphatic carbocycles. The fourth-order valence-corrected chi connectivity index (χ4v) is 4.73. The average molecular weight is 542 g/mol. The highest BCUT2D eigenvalue weighted by molar-refractivity contribution is 6.43. The highest BCUT2D eigenvalue weighted by Gasteiger charge is 2.36. The minimum absolute atomic E-state index is 0.0989. The van der Waals surface area contributed by atoms with Crippen molar-refractivity contribution in [3.05, 3.63) is 47.5 Å². The van der Waals surface area contributed by atoms with E-state index in [2.05, 4.69) is 12.1 Å². The molecule has 1 amide bonds. The van der Waals surface area contributed by atoms with E-state index in [0.717, 1.165) is 44.3 Å². The molecule has 1 aliphatic rings. The Balaban J connectivity index is 1.50. The monoisotopic (exact) mass is 541 g/mol. The summed E-state index contributed by atoms with van der Waals surface area (Å²) in [5.74, 6) is -0.235. The molecule has 9 heteroatoms. The number of piperidine rings is 1. The van der Waals surface area contributed by atoms with E-state index >= 15 is 0 Å². The quantitative estimate of drug-likeness (QED) is 0.148. The van der Waals surface area contributed by atoms with Gasteiger partial charge in [0.1, 0.15) is 11.8 Å². The van der Waals surface area contributed by atoms with Gasteiger partial charge in [0.15, 0.2) is 11.5 Å². The summed E-state index contributed by atoms with van der Waals surface area (Å²) in [6.07, 6.45) is 6.72. The second-order valence-corrected chi connectivity index (χ2v) is 9.43. The minimum atomic E-state index is -0.771. The zero-order valence-electron chi connectivity index (χ0n) is 23.3. The number of ether oxygens (including phenoxy) is 5. The molecule has 9 nitrogen and oxygen atoms in total. The molecule has 39 heavy (non-hydrogen) atoms. The Bertz CT molecular complexity index is 1090. The van der Waals surface area contributed by atoms with Crippen LogP contribution in [0.3, 0.4) is 0 Å². The molecule has 1 aliphatic heterocycles. The van der Waals surface area contributed by atoms with Gasteiger partial charge in [0.25, 0.3) is 11.7 Å². The maximum Gasteiger partial charge on any atom is 0.328 e. The molecule has 1 fully saturated rings. The van der Waals surface area contributed by atoms with Gasteiger partial charge in [-0.05, 0) is 68.4 Å². The van der Waals surface area contributed by atoms with E-state index in [0.29, 0.717) is 31.7 Å². The summed E-state index contributed by atoms with van der Waals surface area (Å²) < 4.78 is 26.6. The van der Waals surface area contributed by atoms with Gasteiger partial charge < -0.3 is 28.6 Å². The number of amides is 1. The molecule has 212 valence electrons. The molecule has 1 heterocycles. The number of methoxy groups -OCH3 is 4. The van der Waals surface area contributed by atoms with Crippen molar-refractivity contribution in [1.82, 2.24) is 4.90 Å². The number of aryl methyl sites for hydroxylation is 1. The number of carbonyl (C=O) groups is 3. The van der Waals surface area contributed by atoms with Crippen molar-refractivity contribution in [2.75, 3.05) is 41.6 Å². The first-order valence-electron chi connectivity index (χ1n) is 13.4. The van der Waals surface area contributed by atoms with E-state index < -0.39 is 23.7 Å². The number of likely N-dealkylation sites (tertiary alicyclic amines) is 1. The first-order chi connectivity index (χ1) is 18.9. The smallest absolute Gasteiger partial charge is 0.328 e. The molecule has 0 aromatic heterocycles. The Labute approximate surface area is 230 Å². The molecule has 1 atom stereocenters. The highest BCUT2D eigenvalue weighted by Crippen LogP contribution is 2.38. The molecule has 0 unspecified atom stereocenters. The lowest BCUT2D eigenvalue weighted by atomic mass is 10.00. The first kappa shape index (κ1) is 29.8. The second kappa shape index (κ2) is 15.0. The third-order valence-electron chi connectivity index (χ3n) is 6.92. The number of benzene rings is 2. The van der Waals surface area contributed by atoms with Crippen LogP contribution in [0.1, 0.15) is 60.9 Å². The van der Waals surface area contributed by atoms with Crippen LogP contribution >= 0.6 is 0 Å². The maximum atomic E-state index is 13.2. The second-order valence-electron chi connectivity index (χ2n) is 9.43. The predicted molar refractivity (Wildman–Crippen MR) is 146 cm³/mol. The van der Waals surface area contributed by atoms with Crippen LogP contribution in [-0.2, 0) is 20.7 Å². The fourth-order valence-electron chi connectivity index (χ4n) is 4.73. The van der Waals surface area contributed by atoms with Gasteiger partial charge in [-0.2, -0.15) is 0 Å². The van der Waals surface area contributed by atoms with Crippen molar-refractivity contribution in [3.8, 4) is 23.0 Å². The van der Waals surface area contributed by atoms with Gasteiger partial charge >= 0.3 is 5.97 Å². The van der Waals surface area contributed by atoms with Crippen LogP contribution in [0.4, 0.5) is 0 Å². The fraction of sp³-hybridized carbons (Fsp3) is 0.500. The van der Waals surface area contributed by atoms with Crippen molar-refractivity contribution in [2.24, 2.45) is 0 Å². The average Bonchev–Trinajstić information content (AvgIpc) is 2.99. The van der Waals surface area contributed by atoms with Gasteiger partial charge in [-0.15, -0.1) is 0 Å². The van der Waals surface area contributed by atoms with Crippen LogP contribution in [0.15, 0.2) is 36.4 Å². The Hall–Kier alpha value is -3.75. The van der Waals surface area contributed by atoms with Crippen LogP contribution in [-0.4, -0.2) is 70.2 Å². The van der Waals surface area contributed by atoms with Crippen molar-refractivity contribution in [3.63, 3.8) is 0 Å². The van der Waals surface area contributed by atoms with Crippen LogP contribution in [0.2, 0.25) is 0 Å². The van der Waals surface area contributed by atoms with Gasteiger partial charge in [0, 0.05) is 12.1 Å². The van der Waals surface area contributed by atoms with Crippen LogP contribution < -0.4 is 18.9 Å². The van der Waals surface area contributed by atoms with Crippen LogP contribution in [0.5, 0.6) is 23.0 Å². The predicted octanol–water partition coefficient (Wildman–Crippen LogP) is 4.63.